The predicted octanol–water partition coefficient (Wildman–Crippen LogP) is 3.71. The van der Waals surface area contributed by atoms with E-state index in [2.05, 4.69) is 22.0 Å². The van der Waals surface area contributed by atoms with Crippen molar-refractivity contribution in [2.75, 3.05) is 58.9 Å². The van der Waals surface area contributed by atoms with Crippen LogP contribution >= 0.6 is 0 Å². The number of nitrogens with zero attached hydrogens (tertiary/aromatic N) is 5. The van der Waals surface area contributed by atoms with E-state index in [0.717, 1.165) is 51.6 Å². The molecule has 0 radical (unpaired) electrons. The number of ether oxygens (including phenoxy) is 1. The van der Waals surface area contributed by atoms with E-state index >= 15 is 0 Å². The van der Waals surface area contributed by atoms with E-state index in [9.17, 15) is 23.6 Å². The number of carbonyl (C=O) groups is 3. The van der Waals surface area contributed by atoms with Crippen LogP contribution in [0.25, 0.3) is 10.8 Å². The van der Waals surface area contributed by atoms with Crippen molar-refractivity contribution in [1.29, 1.82) is 0 Å². The fraction of sp³-hybridized carbons (Fsp3) is 0.585. The molecule has 3 saturated heterocycles. The van der Waals surface area contributed by atoms with Crippen LogP contribution in [0.2, 0.25) is 0 Å². The summed E-state index contributed by atoms with van der Waals surface area (Å²) in [5.41, 5.74) is 7.20. The standard InChI is InChI=1S/C41H54FN7O5/c1-41(15-19-48(20-16-41)40(53)37(43)29-7-3-2-4-8-29)54-30-13-17-46(18-14-30)27-36(50)47-21-23-49(24-22-47)39(52)33-25-28(11-12-34(33)42)26-35-31-9-5-6-10-32(31)38(51)45-44-35/h5-6,9-12,25,29-30,37H,2-4,7-8,13-24,26-27,43H2,1H3,(H,45,51). The highest BCUT2D eigenvalue weighted by Gasteiger charge is 2.38. The Bertz CT molecular complexity index is 1870. The maximum Gasteiger partial charge on any atom is 0.272 e. The number of H-pyrrole nitrogens is 1. The van der Waals surface area contributed by atoms with Gasteiger partial charge in [0.2, 0.25) is 11.8 Å². The molecule has 1 saturated carbocycles. The number of aromatic amines is 1. The van der Waals surface area contributed by atoms with Crippen molar-refractivity contribution >= 4 is 28.5 Å². The second-order valence-electron chi connectivity index (χ2n) is 16.0. The first-order valence-electron chi connectivity index (χ1n) is 19.8. The summed E-state index contributed by atoms with van der Waals surface area (Å²) in [7, 11) is 0. The summed E-state index contributed by atoms with van der Waals surface area (Å²) in [4.78, 5) is 59.6. The second kappa shape index (κ2) is 16.7. The van der Waals surface area contributed by atoms with Crippen molar-refractivity contribution in [3.63, 3.8) is 0 Å². The number of piperazine rings is 1. The van der Waals surface area contributed by atoms with Crippen molar-refractivity contribution in [1.82, 2.24) is 29.8 Å². The van der Waals surface area contributed by atoms with Crippen LogP contribution in [0.15, 0.2) is 47.3 Å². The topological polar surface area (TPSA) is 145 Å². The van der Waals surface area contributed by atoms with Crippen LogP contribution in [0.3, 0.4) is 0 Å². The Balaban J connectivity index is 0.840. The third-order valence-corrected chi connectivity index (χ3v) is 12.2. The first-order chi connectivity index (χ1) is 26.1. The molecule has 54 heavy (non-hydrogen) atoms. The monoisotopic (exact) mass is 743 g/mol. The zero-order valence-corrected chi connectivity index (χ0v) is 31.4. The number of benzene rings is 2. The number of likely N-dealkylation sites (tertiary alicyclic amines) is 2. The van der Waals surface area contributed by atoms with Crippen LogP contribution in [0.5, 0.6) is 0 Å². The molecule has 4 aliphatic rings. The average molecular weight is 744 g/mol. The number of hydrogen-bond acceptors (Lipinski definition) is 8. The van der Waals surface area contributed by atoms with Crippen molar-refractivity contribution in [2.24, 2.45) is 11.7 Å². The summed E-state index contributed by atoms with van der Waals surface area (Å²) in [5.74, 6) is -0.564. The van der Waals surface area contributed by atoms with Gasteiger partial charge in [-0.3, -0.25) is 24.1 Å². The molecule has 12 nitrogen and oxygen atoms in total. The number of carbonyl (C=O) groups excluding carboxylic acids is 3. The summed E-state index contributed by atoms with van der Waals surface area (Å²) in [6.45, 7) is 6.81. The average Bonchev–Trinajstić information content (AvgIpc) is 3.20. The van der Waals surface area contributed by atoms with Gasteiger partial charge in [0.15, 0.2) is 0 Å². The number of piperidine rings is 2. The minimum Gasteiger partial charge on any atom is -0.372 e. The molecule has 4 fully saturated rings. The summed E-state index contributed by atoms with van der Waals surface area (Å²) in [6.07, 6.45) is 9.43. The van der Waals surface area contributed by atoms with Crippen molar-refractivity contribution in [3.05, 3.63) is 75.5 Å². The Morgan fingerprint density at radius 1 is 0.889 bits per heavy atom. The van der Waals surface area contributed by atoms with Gasteiger partial charge in [0.05, 0.1) is 40.9 Å². The van der Waals surface area contributed by atoms with E-state index in [1.54, 1.807) is 34.1 Å². The Hall–Kier alpha value is -4.20. The molecular weight excluding hydrogens is 689 g/mol. The van der Waals surface area contributed by atoms with Gasteiger partial charge in [-0.2, -0.15) is 5.10 Å². The summed E-state index contributed by atoms with van der Waals surface area (Å²) < 4.78 is 21.6. The van der Waals surface area contributed by atoms with Gasteiger partial charge in [0.1, 0.15) is 5.82 Å². The molecule has 3 aromatic rings. The van der Waals surface area contributed by atoms with Crippen LogP contribution in [-0.2, 0) is 20.7 Å². The maximum atomic E-state index is 15.0. The van der Waals surface area contributed by atoms with E-state index < -0.39 is 11.7 Å². The van der Waals surface area contributed by atoms with Crippen LogP contribution in [-0.4, -0.2) is 124 Å². The first kappa shape index (κ1) is 38.1. The van der Waals surface area contributed by atoms with Crippen LogP contribution in [0, 0.1) is 11.7 Å². The Morgan fingerprint density at radius 3 is 2.26 bits per heavy atom. The van der Waals surface area contributed by atoms with Crippen molar-refractivity contribution < 1.29 is 23.5 Å². The van der Waals surface area contributed by atoms with Gasteiger partial charge >= 0.3 is 0 Å². The lowest BCUT2D eigenvalue weighted by molar-refractivity contribution is -0.149. The zero-order valence-electron chi connectivity index (χ0n) is 31.4. The lowest BCUT2D eigenvalue weighted by Crippen LogP contribution is -2.55. The van der Waals surface area contributed by atoms with Gasteiger partial charge in [0, 0.05) is 64.2 Å². The minimum atomic E-state index is -0.599. The number of nitrogens with two attached hydrogens (primary N) is 1. The molecule has 4 heterocycles. The number of aromatic nitrogens is 2. The predicted molar refractivity (Wildman–Crippen MR) is 203 cm³/mol. The lowest BCUT2D eigenvalue weighted by Gasteiger charge is -2.44. The van der Waals surface area contributed by atoms with E-state index in [-0.39, 0.29) is 40.7 Å². The quantitative estimate of drug-likeness (QED) is 0.338. The lowest BCUT2D eigenvalue weighted by atomic mass is 9.83. The minimum absolute atomic E-state index is 0.0159. The largest absolute Gasteiger partial charge is 0.372 e. The molecule has 1 atom stereocenters. The second-order valence-corrected chi connectivity index (χ2v) is 16.0. The van der Waals surface area contributed by atoms with E-state index in [0.29, 0.717) is 80.2 Å². The molecule has 3 amide bonds. The number of nitrogens with one attached hydrogen (secondary N) is 1. The molecule has 3 aliphatic heterocycles. The molecular formula is C41H54FN7O5. The van der Waals surface area contributed by atoms with Gasteiger partial charge in [-0.15, -0.1) is 0 Å². The third kappa shape index (κ3) is 8.68. The summed E-state index contributed by atoms with van der Waals surface area (Å²) in [5, 5.41) is 7.98. The number of amides is 3. The van der Waals surface area contributed by atoms with Gasteiger partial charge in [0.25, 0.3) is 11.5 Å². The SMILES string of the molecule is CC1(OC2CCN(CC(=O)N3CCN(C(=O)c4cc(Cc5n[nH]c(=O)c6ccccc56)ccc4F)CC3)CC2)CCN(C(=O)C(N)C2CCCCC2)CC1. The molecule has 1 aromatic heterocycles. The highest BCUT2D eigenvalue weighted by atomic mass is 19.1. The number of fused-ring (bicyclic) bond motifs is 1. The molecule has 7 rings (SSSR count). The molecule has 1 aliphatic carbocycles. The number of hydrogen-bond donors (Lipinski definition) is 2. The zero-order chi connectivity index (χ0) is 37.8. The first-order valence-corrected chi connectivity index (χ1v) is 19.8. The van der Waals surface area contributed by atoms with Gasteiger partial charge in [-0.25, -0.2) is 9.49 Å². The van der Waals surface area contributed by atoms with Crippen LogP contribution in [0.4, 0.5) is 4.39 Å². The normalized spacial score (nSPS) is 21.0. The summed E-state index contributed by atoms with van der Waals surface area (Å²) >= 11 is 0. The van der Waals surface area contributed by atoms with Crippen LogP contribution in [0.1, 0.15) is 86.3 Å². The molecule has 290 valence electrons. The van der Waals surface area contributed by atoms with Gasteiger partial charge in [-0.05, 0) is 75.1 Å². The molecule has 13 heteroatoms. The van der Waals surface area contributed by atoms with Crippen molar-refractivity contribution in [2.45, 2.75) is 88.9 Å². The third-order valence-electron chi connectivity index (χ3n) is 12.2. The molecule has 0 bridgehead atoms. The van der Waals surface area contributed by atoms with Gasteiger partial charge in [-0.1, -0.05) is 43.5 Å². The Morgan fingerprint density at radius 2 is 1.56 bits per heavy atom. The van der Waals surface area contributed by atoms with Gasteiger partial charge < -0.3 is 25.2 Å². The fourth-order valence-electron chi connectivity index (χ4n) is 8.78. The van der Waals surface area contributed by atoms with E-state index in [1.807, 2.05) is 17.0 Å². The highest BCUT2D eigenvalue weighted by molar-refractivity contribution is 5.95. The van der Waals surface area contributed by atoms with E-state index in [4.69, 9.17) is 10.5 Å². The Labute approximate surface area is 316 Å². The highest BCUT2D eigenvalue weighted by Crippen LogP contribution is 2.32. The molecule has 0 spiro atoms. The summed E-state index contributed by atoms with van der Waals surface area (Å²) in [6, 6.07) is 11.3. The molecule has 1 unspecified atom stereocenters. The molecule has 2 aromatic carbocycles. The maximum absolute atomic E-state index is 15.0. The smallest absolute Gasteiger partial charge is 0.272 e. The number of rotatable bonds is 9. The fourth-order valence-corrected chi connectivity index (χ4v) is 8.78. The molecule has 3 N–H and O–H groups in total. The van der Waals surface area contributed by atoms with E-state index in [1.165, 1.54) is 25.3 Å². The van der Waals surface area contributed by atoms with Crippen LogP contribution < -0.4 is 11.3 Å². The Kier molecular flexibility index (Phi) is 11.8. The van der Waals surface area contributed by atoms with Crippen molar-refractivity contribution in [3.8, 4) is 0 Å². The number of halogens is 1.